The number of carbonyl (C=O) groups excluding carboxylic acids is 1. The second-order valence-corrected chi connectivity index (χ2v) is 12.0. The zero-order valence-corrected chi connectivity index (χ0v) is 21.2. The Balaban J connectivity index is 1.48. The maximum atomic E-state index is 12.7. The predicted molar refractivity (Wildman–Crippen MR) is 135 cm³/mol. The number of nitrogens with zero attached hydrogens (tertiary/aromatic N) is 2. The number of benzene rings is 2. The highest BCUT2D eigenvalue weighted by molar-refractivity contribution is 5.68. The standard InChI is InChI=1S/C30H40N2O2/c1-20(2)17-21-5-7-22(8-6-21)24-9-10-26-25(18-24)11-14-30(3,4)28(26)32(29(33)34)27-19-31-15-12-23(27)13-16-31/h5-10,18,20,23,27-28H,11-17,19H2,1-4H3,(H,33,34)/p-1/t27-,28+/m1/s1. The molecular weight excluding hydrogens is 420 g/mol. The quantitative estimate of drug-likeness (QED) is 0.609. The van der Waals surface area contributed by atoms with Crippen molar-refractivity contribution in [1.29, 1.82) is 0 Å². The van der Waals surface area contributed by atoms with Crippen LogP contribution in [-0.2, 0) is 12.8 Å². The fourth-order valence-corrected chi connectivity index (χ4v) is 6.80. The van der Waals surface area contributed by atoms with E-state index in [0.717, 1.165) is 51.7 Å². The summed E-state index contributed by atoms with van der Waals surface area (Å²) in [5, 5.41) is 12.7. The lowest BCUT2D eigenvalue weighted by Gasteiger charge is -2.56. The van der Waals surface area contributed by atoms with Crippen LogP contribution in [0.25, 0.3) is 11.1 Å². The third kappa shape index (κ3) is 4.37. The van der Waals surface area contributed by atoms with Crippen molar-refractivity contribution in [3.05, 3.63) is 59.2 Å². The number of amides is 1. The van der Waals surface area contributed by atoms with Crippen molar-refractivity contribution in [2.24, 2.45) is 17.3 Å². The van der Waals surface area contributed by atoms with Crippen molar-refractivity contribution in [1.82, 2.24) is 9.80 Å². The number of rotatable bonds is 5. The SMILES string of the molecule is CC(C)Cc1ccc(-c2ccc3c(c2)CCC(C)(C)[C@H]3N(C(=O)[O-])[C@@H]2CN3CCC2CC3)cc1. The fraction of sp³-hybridized carbons (Fsp3) is 0.567. The normalized spacial score (nSPS) is 27.4. The Kier molecular flexibility index (Phi) is 6.22. The van der Waals surface area contributed by atoms with E-state index >= 15 is 0 Å². The molecule has 0 aromatic heterocycles. The Hall–Kier alpha value is -2.33. The van der Waals surface area contributed by atoms with Crippen LogP contribution in [0.3, 0.4) is 0 Å². The van der Waals surface area contributed by atoms with Crippen LogP contribution < -0.4 is 5.11 Å². The summed E-state index contributed by atoms with van der Waals surface area (Å²) in [5.41, 5.74) is 6.17. The van der Waals surface area contributed by atoms with E-state index in [0.29, 0.717) is 11.8 Å². The number of carboxylic acid groups (broad SMARTS) is 1. The van der Waals surface area contributed by atoms with Crippen LogP contribution in [0.5, 0.6) is 0 Å². The lowest BCUT2D eigenvalue weighted by Crippen LogP contribution is -2.63. The van der Waals surface area contributed by atoms with E-state index < -0.39 is 6.09 Å². The van der Waals surface area contributed by atoms with Gasteiger partial charge in [0, 0.05) is 12.6 Å². The summed E-state index contributed by atoms with van der Waals surface area (Å²) in [6, 6.07) is 15.5. The molecular formula is C30H39N2O2-. The van der Waals surface area contributed by atoms with Gasteiger partial charge in [0.15, 0.2) is 0 Å². The molecule has 3 heterocycles. The van der Waals surface area contributed by atoms with Gasteiger partial charge in [-0.15, -0.1) is 0 Å². The molecule has 4 nitrogen and oxygen atoms in total. The Bertz CT molecular complexity index is 1030. The summed E-state index contributed by atoms with van der Waals surface area (Å²) in [6.45, 7) is 12.0. The van der Waals surface area contributed by atoms with Gasteiger partial charge in [0.1, 0.15) is 6.09 Å². The zero-order chi connectivity index (χ0) is 24.0. The van der Waals surface area contributed by atoms with Crippen LogP contribution in [0.2, 0.25) is 0 Å². The molecule has 6 rings (SSSR count). The number of aryl methyl sites for hydroxylation is 1. The van der Waals surface area contributed by atoms with Gasteiger partial charge in [-0.2, -0.15) is 0 Å². The minimum Gasteiger partial charge on any atom is -0.530 e. The topological polar surface area (TPSA) is 46.6 Å². The molecule has 3 fully saturated rings. The zero-order valence-electron chi connectivity index (χ0n) is 21.2. The summed E-state index contributed by atoms with van der Waals surface area (Å²) in [6.07, 6.45) is 4.25. The van der Waals surface area contributed by atoms with E-state index in [2.05, 4.69) is 75.1 Å². The number of piperidine rings is 3. The molecule has 2 aromatic rings. The molecule has 2 bridgehead atoms. The van der Waals surface area contributed by atoms with E-state index in [1.54, 1.807) is 4.90 Å². The highest BCUT2D eigenvalue weighted by atomic mass is 16.4. The van der Waals surface area contributed by atoms with Crippen LogP contribution in [0, 0.1) is 17.3 Å². The van der Waals surface area contributed by atoms with Crippen LogP contribution in [-0.4, -0.2) is 41.6 Å². The van der Waals surface area contributed by atoms with E-state index in [9.17, 15) is 9.90 Å². The average molecular weight is 460 g/mol. The molecule has 1 aliphatic carbocycles. The molecule has 0 saturated carbocycles. The molecule has 0 unspecified atom stereocenters. The first-order chi connectivity index (χ1) is 16.2. The molecule has 3 saturated heterocycles. The number of hydrogen-bond donors (Lipinski definition) is 0. The Labute approximate surface area is 205 Å². The summed E-state index contributed by atoms with van der Waals surface area (Å²) in [7, 11) is 0. The maximum absolute atomic E-state index is 12.7. The van der Waals surface area contributed by atoms with Gasteiger partial charge in [0.25, 0.3) is 0 Å². The second kappa shape index (κ2) is 9.03. The van der Waals surface area contributed by atoms with Gasteiger partial charge < -0.3 is 19.7 Å². The third-order valence-corrected chi connectivity index (χ3v) is 8.62. The van der Waals surface area contributed by atoms with E-state index in [4.69, 9.17) is 0 Å². The van der Waals surface area contributed by atoms with Gasteiger partial charge in [0.05, 0.1) is 6.04 Å². The molecule has 0 radical (unpaired) electrons. The van der Waals surface area contributed by atoms with Gasteiger partial charge in [-0.25, -0.2) is 0 Å². The molecule has 2 atom stereocenters. The van der Waals surface area contributed by atoms with E-state index in [1.807, 2.05) is 0 Å². The first-order valence-electron chi connectivity index (χ1n) is 13.2. The van der Waals surface area contributed by atoms with Gasteiger partial charge in [-0.05, 0) is 90.3 Å². The van der Waals surface area contributed by atoms with Crippen LogP contribution in [0.1, 0.15) is 69.7 Å². The first-order valence-corrected chi connectivity index (χ1v) is 13.2. The second-order valence-electron chi connectivity index (χ2n) is 12.0. The molecule has 3 aliphatic heterocycles. The minimum atomic E-state index is -1.01. The number of carbonyl (C=O) groups is 1. The van der Waals surface area contributed by atoms with Gasteiger partial charge in [-0.3, -0.25) is 0 Å². The monoisotopic (exact) mass is 459 g/mol. The van der Waals surface area contributed by atoms with E-state index in [-0.39, 0.29) is 17.5 Å². The predicted octanol–water partition coefficient (Wildman–Crippen LogP) is 5.31. The molecule has 182 valence electrons. The number of fused-ring (bicyclic) bond motifs is 4. The third-order valence-electron chi connectivity index (χ3n) is 8.62. The molecule has 34 heavy (non-hydrogen) atoms. The van der Waals surface area contributed by atoms with Crippen molar-refractivity contribution in [2.75, 3.05) is 19.6 Å². The lowest BCUT2D eigenvalue weighted by molar-refractivity contribution is -0.277. The minimum absolute atomic E-state index is 0.0379. The summed E-state index contributed by atoms with van der Waals surface area (Å²) in [4.78, 5) is 16.9. The van der Waals surface area contributed by atoms with Crippen molar-refractivity contribution in [2.45, 2.75) is 71.9 Å². The Morgan fingerprint density at radius 1 is 1.09 bits per heavy atom. The van der Waals surface area contributed by atoms with Gasteiger partial charge >= 0.3 is 0 Å². The molecule has 4 aliphatic rings. The van der Waals surface area contributed by atoms with Crippen molar-refractivity contribution in [3.63, 3.8) is 0 Å². The van der Waals surface area contributed by atoms with E-state index in [1.165, 1.54) is 27.8 Å². The highest BCUT2D eigenvalue weighted by Gasteiger charge is 2.46. The lowest BCUT2D eigenvalue weighted by atomic mass is 9.68. The van der Waals surface area contributed by atoms with Crippen LogP contribution >= 0.6 is 0 Å². The fourth-order valence-electron chi connectivity index (χ4n) is 6.80. The molecule has 0 spiro atoms. The Morgan fingerprint density at radius 2 is 1.76 bits per heavy atom. The van der Waals surface area contributed by atoms with Gasteiger partial charge in [0.2, 0.25) is 0 Å². The molecule has 0 N–H and O–H groups in total. The Morgan fingerprint density at radius 3 is 2.35 bits per heavy atom. The summed E-state index contributed by atoms with van der Waals surface area (Å²) >= 11 is 0. The number of hydrogen-bond acceptors (Lipinski definition) is 3. The summed E-state index contributed by atoms with van der Waals surface area (Å²) in [5.74, 6) is 1.10. The maximum Gasteiger partial charge on any atom is 0.137 e. The largest absolute Gasteiger partial charge is 0.530 e. The smallest absolute Gasteiger partial charge is 0.137 e. The average Bonchev–Trinajstić information content (AvgIpc) is 2.81. The molecule has 2 aromatic carbocycles. The first kappa shape index (κ1) is 23.4. The van der Waals surface area contributed by atoms with Crippen molar-refractivity contribution in [3.8, 4) is 11.1 Å². The molecule has 4 heteroatoms. The van der Waals surface area contributed by atoms with Crippen molar-refractivity contribution < 1.29 is 9.90 Å². The molecule has 1 amide bonds. The van der Waals surface area contributed by atoms with Crippen LogP contribution in [0.4, 0.5) is 4.79 Å². The summed E-state index contributed by atoms with van der Waals surface area (Å²) < 4.78 is 0. The van der Waals surface area contributed by atoms with Crippen LogP contribution in [0.15, 0.2) is 42.5 Å². The highest BCUT2D eigenvalue weighted by Crippen LogP contribution is 2.50. The van der Waals surface area contributed by atoms with Crippen molar-refractivity contribution >= 4 is 6.09 Å². The van der Waals surface area contributed by atoms with Gasteiger partial charge in [-0.1, -0.05) is 70.2 Å².